The van der Waals surface area contributed by atoms with Crippen LogP contribution in [0.15, 0.2) is 0 Å². The summed E-state index contributed by atoms with van der Waals surface area (Å²) >= 11 is 0. The van der Waals surface area contributed by atoms with Gasteiger partial charge in [-0.2, -0.15) is 0 Å². The number of hydrogen-bond acceptors (Lipinski definition) is 2. The van der Waals surface area contributed by atoms with Gasteiger partial charge in [-0.15, -0.1) is 0 Å². The summed E-state index contributed by atoms with van der Waals surface area (Å²) in [7, 11) is 3.76. The third-order valence-electron chi connectivity index (χ3n) is 2.26. The van der Waals surface area contributed by atoms with Crippen LogP contribution in [0.25, 0.3) is 0 Å². The van der Waals surface area contributed by atoms with E-state index in [4.69, 9.17) is 4.74 Å². The summed E-state index contributed by atoms with van der Waals surface area (Å²) in [5.41, 5.74) is 0.464. The summed E-state index contributed by atoms with van der Waals surface area (Å²) < 4.78 is 5.12. The normalized spacial score (nSPS) is 14.5. The van der Waals surface area contributed by atoms with Crippen molar-refractivity contribution in [2.24, 2.45) is 5.41 Å². The highest BCUT2D eigenvalue weighted by molar-refractivity contribution is 4.67. The standard InChI is InChI=1S/C11H25NO/c1-11(2,3)8-6-7-10(12-4)9-13-5/h10,12H,6-9H2,1-5H3. The fourth-order valence-electron chi connectivity index (χ4n) is 1.39. The summed E-state index contributed by atoms with van der Waals surface area (Å²) in [5.74, 6) is 0. The van der Waals surface area contributed by atoms with Crippen molar-refractivity contribution in [1.82, 2.24) is 5.32 Å². The molecule has 2 nitrogen and oxygen atoms in total. The summed E-state index contributed by atoms with van der Waals surface area (Å²) in [5, 5.41) is 3.26. The van der Waals surface area contributed by atoms with Crippen LogP contribution in [0.1, 0.15) is 40.0 Å². The van der Waals surface area contributed by atoms with Gasteiger partial charge in [-0.1, -0.05) is 27.2 Å². The summed E-state index contributed by atoms with van der Waals surface area (Å²) in [4.78, 5) is 0. The first-order valence-corrected chi connectivity index (χ1v) is 5.16. The van der Waals surface area contributed by atoms with Crippen LogP contribution in [-0.4, -0.2) is 26.8 Å². The molecule has 1 unspecified atom stereocenters. The number of rotatable bonds is 6. The molecule has 0 bridgehead atoms. The Kier molecular flexibility index (Phi) is 6.35. The molecule has 0 aliphatic rings. The van der Waals surface area contributed by atoms with Crippen LogP contribution in [0, 0.1) is 5.41 Å². The SMILES string of the molecule is CNC(CCCC(C)(C)C)COC. The van der Waals surface area contributed by atoms with Gasteiger partial charge in [0.1, 0.15) is 0 Å². The maximum absolute atomic E-state index is 5.12. The minimum absolute atomic E-state index is 0.464. The molecular formula is C11H25NO. The lowest BCUT2D eigenvalue weighted by Gasteiger charge is -2.20. The Labute approximate surface area is 83.1 Å². The molecular weight excluding hydrogens is 162 g/mol. The lowest BCUT2D eigenvalue weighted by atomic mass is 9.89. The van der Waals surface area contributed by atoms with Gasteiger partial charge in [-0.25, -0.2) is 0 Å². The van der Waals surface area contributed by atoms with Gasteiger partial charge in [0.05, 0.1) is 6.61 Å². The molecule has 0 fully saturated rings. The molecule has 13 heavy (non-hydrogen) atoms. The molecule has 0 radical (unpaired) electrons. The minimum atomic E-state index is 0.464. The van der Waals surface area contributed by atoms with Crippen LogP contribution in [0.2, 0.25) is 0 Å². The highest BCUT2D eigenvalue weighted by Crippen LogP contribution is 2.21. The summed E-state index contributed by atoms with van der Waals surface area (Å²) in [6.45, 7) is 7.69. The molecule has 0 aromatic heterocycles. The van der Waals surface area contributed by atoms with E-state index in [1.807, 2.05) is 7.05 Å². The zero-order chi connectivity index (χ0) is 10.3. The van der Waals surface area contributed by atoms with Crippen LogP contribution in [0.5, 0.6) is 0 Å². The van der Waals surface area contributed by atoms with Gasteiger partial charge in [0.15, 0.2) is 0 Å². The molecule has 0 aromatic carbocycles. The second-order valence-corrected chi connectivity index (χ2v) is 4.89. The largest absolute Gasteiger partial charge is 0.383 e. The second kappa shape index (κ2) is 6.39. The van der Waals surface area contributed by atoms with E-state index in [2.05, 4.69) is 26.1 Å². The van der Waals surface area contributed by atoms with E-state index in [1.165, 1.54) is 19.3 Å². The maximum atomic E-state index is 5.12. The predicted octanol–water partition coefficient (Wildman–Crippen LogP) is 2.44. The van der Waals surface area contributed by atoms with Crippen molar-refractivity contribution in [1.29, 1.82) is 0 Å². The van der Waals surface area contributed by atoms with Crippen LogP contribution in [0.4, 0.5) is 0 Å². The van der Waals surface area contributed by atoms with Crippen molar-refractivity contribution in [3.8, 4) is 0 Å². The van der Waals surface area contributed by atoms with Crippen LogP contribution in [-0.2, 0) is 4.74 Å². The minimum Gasteiger partial charge on any atom is -0.383 e. The zero-order valence-electron chi connectivity index (χ0n) is 9.81. The number of likely N-dealkylation sites (N-methyl/N-ethyl adjacent to an activating group) is 1. The van der Waals surface area contributed by atoms with Crippen LogP contribution >= 0.6 is 0 Å². The lowest BCUT2D eigenvalue weighted by molar-refractivity contribution is 0.162. The number of ether oxygens (including phenoxy) is 1. The quantitative estimate of drug-likeness (QED) is 0.689. The first-order chi connectivity index (χ1) is 5.99. The summed E-state index contributed by atoms with van der Waals surface area (Å²) in [6.07, 6.45) is 3.77. The van der Waals surface area contributed by atoms with Crippen molar-refractivity contribution in [2.45, 2.75) is 46.1 Å². The van der Waals surface area contributed by atoms with E-state index in [1.54, 1.807) is 7.11 Å². The predicted molar refractivity (Wildman–Crippen MR) is 58.0 cm³/mol. The molecule has 0 aliphatic heterocycles. The van der Waals surface area contributed by atoms with Crippen molar-refractivity contribution in [3.05, 3.63) is 0 Å². The van der Waals surface area contributed by atoms with E-state index in [-0.39, 0.29) is 0 Å². The van der Waals surface area contributed by atoms with E-state index in [9.17, 15) is 0 Å². The third kappa shape index (κ3) is 8.26. The second-order valence-electron chi connectivity index (χ2n) is 4.89. The monoisotopic (exact) mass is 187 g/mol. The molecule has 80 valence electrons. The molecule has 0 aliphatic carbocycles. The molecule has 0 heterocycles. The average Bonchev–Trinajstić information content (AvgIpc) is 2.01. The van der Waals surface area contributed by atoms with Gasteiger partial charge in [0.25, 0.3) is 0 Å². The first-order valence-electron chi connectivity index (χ1n) is 5.16. The van der Waals surface area contributed by atoms with E-state index in [0.717, 1.165) is 6.61 Å². The van der Waals surface area contributed by atoms with Crippen molar-refractivity contribution >= 4 is 0 Å². The van der Waals surface area contributed by atoms with Crippen molar-refractivity contribution in [3.63, 3.8) is 0 Å². The Hall–Kier alpha value is -0.0800. The van der Waals surface area contributed by atoms with Crippen molar-refractivity contribution in [2.75, 3.05) is 20.8 Å². The van der Waals surface area contributed by atoms with Gasteiger partial charge in [-0.05, 0) is 25.3 Å². The Morgan fingerprint density at radius 3 is 2.31 bits per heavy atom. The molecule has 0 amide bonds. The number of hydrogen-bond donors (Lipinski definition) is 1. The van der Waals surface area contributed by atoms with E-state index < -0.39 is 0 Å². The van der Waals surface area contributed by atoms with E-state index >= 15 is 0 Å². The van der Waals surface area contributed by atoms with Gasteiger partial charge < -0.3 is 10.1 Å². The van der Waals surface area contributed by atoms with Gasteiger partial charge in [0, 0.05) is 13.2 Å². The smallest absolute Gasteiger partial charge is 0.0615 e. The van der Waals surface area contributed by atoms with Gasteiger partial charge >= 0.3 is 0 Å². The molecule has 1 N–H and O–H groups in total. The molecule has 0 rings (SSSR count). The zero-order valence-corrected chi connectivity index (χ0v) is 9.81. The van der Waals surface area contributed by atoms with Gasteiger partial charge in [0.2, 0.25) is 0 Å². The topological polar surface area (TPSA) is 21.3 Å². The fourth-order valence-corrected chi connectivity index (χ4v) is 1.39. The number of methoxy groups -OCH3 is 1. The molecule has 0 saturated heterocycles. The first kappa shape index (κ1) is 12.9. The molecule has 0 spiro atoms. The average molecular weight is 187 g/mol. The highest BCUT2D eigenvalue weighted by Gasteiger charge is 2.11. The Morgan fingerprint density at radius 2 is 1.92 bits per heavy atom. The lowest BCUT2D eigenvalue weighted by Crippen LogP contribution is -2.30. The fraction of sp³-hybridized carbons (Fsp3) is 1.00. The Bertz CT molecular complexity index is 118. The van der Waals surface area contributed by atoms with Gasteiger partial charge in [-0.3, -0.25) is 0 Å². The summed E-state index contributed by atoms with van der Waals surface area (Å²) in [6, 6.07) is 0.521. The Balaban J connectivity index is 3.49. The van der Waals surface area contributed by atoms with Crippen LogP contribution < -0.4 is 5.32 Å². The van der Waals surface area contributed by atoms with Crippen LogP contribution in [0.3, 0.4) is 0 Å². The highest BCUT2D eigenvalue weighted by atomic mass is 16.5. The molecule has 1 atom stereocenters. The molecule has 0 aromatic rings. The maximum Gasteiger partial charge on any atom is 0.0615 e. The third-order valence-corrected chi connectivity index (χ3v) is 2.26. The van der Waals surface area contributed by atoms with Crippen molar-refractivity contribution < 1.29 is 4.74 Å². The Morgan fingerprint density at radius 1 is 1.31 bits per heavy atom. The molecule has 0 saturated carbocycles. The molecule has 2 heteroatoms. The number of nitrogens with one attached hydrogen (secondary N) is 1. The van der Waals surface area contributed by atoms with E-state index in [0.29, 0.717) is 11.5 Å².